The molecule has 1 amide bonds. The Morgan fingerprint density at radius 2 is 1.79 bits per heavy atom. The summed E-state index contributed by atoms with van der Waals surface area (Å²) in [6.07, 6.45) is 1.35. The molecule has 8 heteroatoms. The molecule has 0 aliphatic heterocycles. The third-order valence-electron chi connectivity index (χ3n) is 4.21. The van der Waals surface area contributed by atoms with Crippen LogP contribution in [-0.2, 0) is 14.8 Å². The number of hydrogen-bond acceptors (Lipinski definition) is 4. The minimum Gasteiger partial charge on any atom is -0.495 e. The van der Waals surface area contributed by atoms with E-state index in [9.17, 15) is 13.2 Å². The first-order valence-corrected chi connectivity index (χ1v) is 11.0. The van der Waals surface area contributed by atoms with Crippen molar-refractivity contribution in [3.63, 3.8) is 0 Å². The number of benzene rings is 2. The highest BCUT2D eigenvalue weighted by molar-refractivity contribution is 7.92. The second kappa shape index (κ2) is 8.84. The van der Waals surface area contributed by atoms with Gasteiger partial charge in [0.25, 0.3) is 0 Å². The Morgan fingerprint density at radius 3 is 2.25 bits per heavy atom. The highest BCUT2D eigenvalue weighted by Crippen LogP contribution is 2.32. The number of methoxy groups -OCH3 is 1. The fourth-order valence-electron chi connectivity index (χ4n) is 3.13. The molecule has 0 spiro atoms. The van der Waals surface area contributed by atoms with Crippen LogP contribution >= 0.6 is 11.6 Å². The summed E-state index contributed by atoms with van der Waals surface area (Å²) in [6, 6.07) is 9.37. The lowest BCUT2D eigenvalue weighted by Gasteiger charge is -2.30. The number of halogens is 1. The molecule has 0 saturated heterocycles. The molecule has 0 aliphatic carbocycles. The average molecular weight is 425 g/mol. The lowest BCUT2D eigenvalue weighted by atomic mass is 10.1. The second-order valence-electron chi connectivity index (χ2n) is 6.67. The van der Waals surface area contributed by atoms with Gasteiger partial charge in [-0.2, -0.15) is 0 Å². The van der Waals surface area contributed by atoms with Crippen LogP contribution in [0.15, 0.2) is 36.4 Å². The molecule has 0 unspecified atom stereocenters. The molecule has 0 bridgehead atoms. The number of sulfonamides is 1. The van der Waals surface area contributed by atoms with Crippen LogP contribution in [0.4, 0.5) is 11.4 Å². The predicted molar refractivity (Wildman–Crippen MR) is 114 cm³/mol. The SMILES string of the molecule is CC[C@@H](C(=O)Nc1cc(C)cc(C)c1)N(c1ccc(OC)c(Cl)c1)S(C)(=O)=O. The Balaban J connectivity index is 2.42. The van der Waals surface area contributed by atoms with Crippen molar-refractivity contribution in [1.29, 1.82) is 0 Å². The molecule has 0 aliphatic rings. The maximum Gasteiger partial charge on any atom is 0.248 e. The summed E-state index contributed by atoms with van der Waals surface area (Å²) in [4.78, 5) is 13.0. The first kappa shape index (κ1) is 22.0. The van der Waals surface area contributed by atoms with Crippen molar-refractivity contribution in [2.24, 2.45) is 0 Å². The van der Waals surface area contributed by atoms with E-state index < -0.39 is 22.0 Å². The van der Waals surface area contributed by atoms with Gasteiger partial charge in [-0.15, -0.1) is 0 Å². The molecule has 0 saturated carbocycles. The summed E-state index contributed by atoms with van der Waals surface area (Å²) in [5.41, 5.74) is 2.94. The van der Waals surface area contributed by atoms with E-state index in [-0.39, 0.29) is 11.4 Å². The Labute approximate surface area is 171 Å². The molecule has 0 radical (unpaired) electrons. The quantitative estimate of drug-likeness (QED) is 0.724. The Kier molecular flexibility index (Phi) is 6.96. The van der Waals surface area contributed by atoms with Crippen molar-refractivity contribution in [3.05, 3.63) is 52.5 Å². The molecular weight excluding hydrogens is 400 g/mol. The molecule has 2 aromatic carbocycles. The molecule has 0 aromatic heterocycles. The Morgan fingerprint density at radius 1 is 1.18 bits per heavy atom. The maximum absolute atomic E-state index is 13.0. The number of carbonyl (C=O) groups excluding carboxylic acids is 1. The molecule has 1 atom stereocenters. The minimum atomic E-state index is -3.75. The van der Waals surface area contributed by atoms with Crippen molar-refractivity contribution < 1.29 is 17.9 Å². The maximum atomic E-state index is 13.0. The molecule has 6 nitrogen and oxygen atoms in total. The zero-order chi connectivity index (χ0) is 21.1. The molecule has 2 aromatic rings. The monoisotopic (exact) mass is 424 g/mol. The van der Waals surface area contributed by atoms with E-state index in [2.05, 4.69) is 5.32 Å². The molecule has 28 heavy (non-hydrogen) atoms. The van der Waals surface area contributed by atoms with Crippen LogP contribution in [0.25, 0.3) is 0 Å². The fraction of sp³-hybridized carbons (Fsp3) is 0.350. The first-order chi connectivity index (χ1) is 13.1. The van der Waals surface area contributed by atoms with E-state index in [0.29, 0.717) is 17.1 Å². The lowest BCUT2D eigenvalue weighted by molar-refractivity contribution is -0.117. The van der Waals surface area contributed by atoms with Gasteiger partial charge in [-0.05, 0) is 61.7 Å². The van der Waals surface area contributed by atoms with Gasteiger partial charge < -0.3 is 10.1 Å². The molecule has 0 fully saturated rings. The Hall–Kier alpha value is -2.25. The molecular formula is C20H25ClN2O4S. The van der Waals surface area contributed by atoms with E-state index in [1.54, 1.807) is 19.1 Å². The highest BCUT2D eigenvalue weighted by atomic mass is 35.5. The first-order valence-electron chi connectivity index (χ1n) is 8.79. The average Bonchev–Trinajstić information content (AvgIpc) is 2.57. The smallest absolute Gasteiger partial charge is 0.248 e. The largest absolute Gasteiger partial charge is 0.495 e. The molecule has 1 N–H and O–H groups in total. The summed E-state index contributed by atoms with van der Waals surface area (Å²) in [6.45, 7) is 5.62. The van der Waals surface area contributed by atoms with Crippen molar-refractivity contribution in [2.75, 3.05) is 23.0 Å². The van der Waals surface area contributed by atoms with Gasteiger partial charge in [0.05, 0.1) is 24.1 Å². The third kappa shape index (κ3) is 5.17. The van der Waals surface area contributed by atoms with E-state index >= 15 is 0 Å². The van der Waals surface area contributed by atoms with Crippen molar-refractivity contribution in [3.8, 4) is 5.75 Å². The zero-order valence-corrected chi connectivity index (χ0v) is 18.2. The van der Waals surface area contributed by atoms with Gasteiger partial charge in [0, 0.05) is 5.69 Å². The van der Waals surface area contributed by atoms with E-state index in [1.807, 2.05) is 32.0 Å². The number of anilines is 2. The number of aryl methyl sites for hydroxylation is 2. The van der Waals surface area contributed by atoms with Gasteiger partial charge in [-0.1, -0.05) is 24.6 Å². The van der Waals surface area contributed by atoms with E-state index in [4.69, 9.17) is 16.3 Å². The predicted octanol–water partition coefficient (Wildman–Crippen LogP) is 4.15. The molecule has 2 rings (SSSR count). The summed E-state index contributed by atoms with van der Waals surface area (Å²) < 4.78 is 31.3. The molecule has 0 heterocycles. The fourth-order valence-corrected chi connectivity index (χ4v) is 4.58. The number of amides is 1. The van der Waals surface area contributed by atoms with Gasteiger partial charge in [0.15, 0.2) is 0 Å². The number of nitrogens with zero attached hydrogens (tertiary/aromatic N) is 1. The number of rotatable bonds is 7. The second-order valence-corrected chi connectivity index (χ2v) is 8.93. The standard InChI is InChI=1S/C20H25ClN2O4S/c1-6-18(20(24)22-15-10-13(2)9-14(3)11-15)23(28(5,25)26)16-7-8-19(27-4)17(21)12-16/h7-12,18H,6H2,1-5H3,(H,22,24)/t18-/m0/s1. The van der Waals surface area contributed by atoms with Crippen LogP contribution < -0.4 is 14.4 Å². The van der Waals surface area contributed by atoms with Crippen LogP contribution in [0.2, 0.25) is 5.02 Å². The van der Waals surface area contributed by atoms with Crippen molar-refractivity contribution in [2.45, 2.75) is 33.2 Å². The lowest BCUT2D eigenvalue weighted by Crippen LogP contribution is -2.47. The minimum absolute atomic E-state index is 0.262. The van der Waals surface area contributed by atoms with E-state index in [0.717, 1.165) is 21.7 Å². The van der Waals surface area contributed by atoms with Gasteiger partial charge in [-0.25, -0.2) is 8.42 Å². The summed E-state index contributed by atoms with van der Waals surface area (Å²) in [5, 5.41) is 3.09. The van der Waals surface area contributed by atoms with Gasteiger partial charge in [0.2, 0.25) is 15.9 Å². The van der Waals surface area contributed by atoms with Crippen LogP contribution in [0, 0.1) is 13.8 Å². The Bertz CT molecular complexity index is 956. The number of carbonyl (C=O) groups is 1. The topological polar surface area (TPSA) is 75.7 Å². The van der Waals surface area contributed by atoms with Crippen molar-refractivity contribution >= 4 is 38.9 Å². The number of ether oxygens (including phenoxy) is 1. The number of nitrogens with one attached hydrogen (secondary N) is 1. The van der Waals surface area contributed by atoms with Crippen LogP contribution in [-0.4, -0.2) is 33.7 Å². The van der Waals surface area contributed by atoms with Gasteiger partial charge in [-0.3, -0.25) is 9.10 Å². The van der Waals surface area contributed by atoms with Gasteiger partial charge >= 0.3 is 0 Å². The molecule has 152 valence electrons. The zero-order valence-electron chi connectivity index (χ0n) is 16.6. The van der Waals surface area contributed by atoms with Crippen LogP contribution in [0.1, 0.15) is 24.5 Å². The summed E-state index contributed by atoms with van der Waals surface area (Å²) >= 11 is 6.17. The van der Waals surface area contributed by atoms with Crippen LogP contribution in [0.3, 0.4) is 0 Å². The summed E-state index contributed by atoms with van der Waals surface area (Å²) in [5.74, 6) is 0.0106. The van der Waals surface area contributed by atoms with E-state index in [1.165, 1.54) is 13.2 Å². The summed E-state index contributed by atoms with van der Waals surface area (Å²) in [7, 11) is -2.27. The van der Waals surface area contributed by atoms with Crippen molar-refractivity contribution in [1.82, 2.24) is 0 Å². The number of hydrogen-bond donors (Lipinski definition) is 1. The highest BCUT2D eigenvalue weighted by Gasteiger charge is 2.32. The van der Waals surface area contributed by atoms with Crippen LogP contribution in [0.5, 0.6) is 5.75 Å². The van der Waals surface area contributed by atoms with Gasteiger partial charge in [0.1, 0.15) is 11.8 Å². The normalized spacial score (nSPS) is 12.4. The third-order valence-corrected chi connectivity index (χ3v) is 5.68.